The van der Waals surface area contributed by atoms with E-state index in [1.54, 1.807) is 12.3 Å². The Hall–Kier alpha value is -3.66. The summed E-state index contributed by atoms with van der Waals surface area (Å²) in [7, 11) is 0. The fraction of sp³-hybridized carbons (Fsp3) is 0.333. The van der Waals surface area contributed by atoms with Crippen molar-refractivity contribution in [2.24, 2.45) is 5.92 Å². The van der Waals surface area contributed by atoms with E-state index in [-0.39, 0.29) is 18.5 Å². The molecule has 0 amide bonds. The summed E-state index contributed by atoms with van der Waals surface area (Å²) >= 11 is 0. The number of anilines is 1. The summed E-state index contributed by atoms with van der Waals surface area (Å²) in [4.78, 5) is 31.1. The van der Waals surface area contributed by atoms with Crippen LogP contribution in [-0.2, 0) is 16.1 Å². The molecule has 1 aliphatic heterocycles. The molecule has 2 aromatic heterocycles. The highest BCUT2D eigenvalue weighted by Gasteiger charge is 2.27. The molecule has 0 saturated carbocycles. The van der Waals surface area contributed by atoms with Crippen molar-refractivity contribution in [3.63, 3.8) is 0 Å². The fourth-order valence-electron chi connectivity index (χ4n) is 3.89. The van der Waals surface area contributed by atoms with E-state index in [9.17, 15) is 9.59 Å². The molecule has 3 heterocycles. The van der Waals surface area contributed by atoms with Crippen LogP contribution in [0.25, 0.3) is 11.0 Å². The molecule has 4 rings (SSSR count). The molecule has 0 aliphatic carbocycles. The van der Waals surface area contributed by atoms with Crippen LogP contribution in [0.3, 0.4) is 0 Å². The molecule has 1 saturated heterocycles. The summed E-state index contributed by atoms with van der Waals surface area (Å²) in [5.74, 6) is 0.363. The largest absolute Gasteiger partial charge is 0.461 e. The van der Waals surface area contributed by atoms with Gasteiger partial charge in [0.2, 0.25) is 0 Å². The molecule has 0 N–H and O–H groups in total. The molecule has 3 aromatic rings. The Kier molecular flexibility index (Phi) is 5.72. The van der Waals surface area contributed by atoms with E-state index in [1.807, 2.05) is 32.0 Å². The van der Waals surface area contributed by atoms with E-state index >= 15 is 0 Å². The molecule has 31 heavy (non-hydrogen) atoms. The third-order valence-electron chi connectivity index (χ3n) is 5.92. The molecule has 7 heteroatoms. The maximum Gasteiger partial charge on any atom is 0.336 e. The second kappa shape index (κ2) is 8.60. The van der Waals surface area contributed by atoms with Crippen LogP contribution in [0.2, 0.25) is 0 Å². The molecule has 0 atom stereocenters. The van der Waals surface area contributed by atoms with Crippen LogP contribution in [-0.4, -0.2) is 24.0 Å². The predicted octanol–water partition coefficient (Wildman–Crippen LogP) is 3.64. The number of rotatable bonds is 4. The van der Waals surface area contributed by atoms with Gasteiger partial charge in [-0.15, -0.1) is 0 Å². The van der Waals surface area contributed by atoms with Gasteiger partial charge >= 0.3 is 11.6 Å². The van der Waals surface area contributed by atoms with Crippen molar-refractivity contribution in [2.75, 3.05) is 18.0 Å². The number of aryl methyl sites for hydroxylation is 2. The molecule has 0 bridgehead atoms. The van der Waals surface area contributed by atoms with E-state index in [0.717, 1.165) is 22.3 Å². The maximum absolute atomic E-state index is 12.6. The zero-order valence-corrected chi connectivity index (χ0v) is 17.6. The van der Waals surface area contributed by atoms with Gasteiger partial charge in [0.1, 0.15) is 24.1 Å². The van der Waals surface area contributed by atoms with E-state index in [4.69, 9.17) is 14.4 Å². The smallest absolute Gasteiger partial charge is 0.336 e. The Morgan fingerprint density at radius 1 is 1.26 bits per heavy atom. The van der Waals surface area contributed by atoms with Crippen molar-refractivity contribution in [1.82, 2.24) is 4.98 Å². The number of nitriles is 1. The average Bonchev–Trinajstić information content (AvgIpc) is 2.80. The quantitative estimate of drug-likeness (QED) is 0.472. The first-order valence-corrected chi connectivity index (χ1v) is 10.3. The summed E-state index contributed by atoms with van der Waals surface area (Å²) in [6.07, 6.45) is 2.88. The number of ether oxygens (including phenoxy) is 1. The fourth-order valence-corrected chi connectivity index (χ4v) is 3.89. The first-order valence-electron chi connectivity index (χ1n) is 10.3. The first-order chi connectivity index (χ1) is 15.0. The molecule has 158 valence electrons. The minimum absolute atomic E-state index is 0.0425. The van der Waals surface area contributed by atoms with Gasteiger partial charge in [0.05, 0.1) is 11.5 Å². The highest BCUT2D eigenvalue weighted by Crippen LogP contribution is 2.26. The SMILES string of the molecule is Cc1ccc2c(COC(=O)C3CCN(c4ccc(C#N)cn4)CC3)cc(=O)oc2c1C. The predicted molar refractivity (Wildman–Crippen MR) is 116 cm³/mol. The number of fused-ring (bicyclic) bond motifs is 1. The van der Waals surface area contributed by atoms with Crippen LogP contribution in [0, 0.1) is 31.1 Å². The number of benzene rings is 1. The van der Waals surface area contributed by atoms with Gasteiger partial charge in [0.15, 0.2) is 0 Å². The van der Waals surface area contributed by atoms with Crippen molar-refractivity contribution in [3.05, 3.63) is 69.2 Å². The van der Waals surface area contributed by atoms with E-state index < -0.39 is 5.63 Å². The zero-order valence-electron chi connectivity index (χ0n) is 17.6. The molecule has 1 aromatic carbocycles. The topological polar surface area (TPSA) is 96.4 Å². The average molecular weight is 417 g/mol. The van der Waals surface area contributed by atoms with Gasteiger partial charge < -0.3 is 14.1 Å². The van der Waals surface area contributed by atoms with Gasteiger partial charge in [-0.2, -0.15) is 5.26 Å². The number of carbonyl (C=O) groups is 1. The summed E-state index contributed by atoms with van der Waals surface area (Å²) in [6.45, 7) is 5.29. The lowest BCUT2D eigenvalue weighted by molar-refractivity contribution is -0.150. The summed E-state index contributed by atoms with van der Waals surface area (Å²) < 4.78 is 11.0. The summed E-state index contributed by atoms with van der Waals surface area (Å²) in [5.41, 5.74) is 3.22. The van der Waals surface area contributed by atoms with Crippen LogP contribution in [0.15, 0.2) is 45.7 Å². The minimum Gasteiger partial charge on any atom is -0.461 e. The number of nitrogens with zero attached hydrogens (tertiary/aromatic N) is 3. The van der Waals surface area contributed by atoms with Gasteiger partial charge in [-0.1, -0.05) is 12.1 Å². The number of hydrogen-bond acceptors (Lipinski definition) is 7. The lowest BCUT2D eigenvalue weighted by Gasteiger charge is -2.31. The van der Waals surface area contributed by atoms with Crippen molar-refractivity contribution >= 4 is 22.8 Å². The number of esters is 1. The highest BCUT2D eigenvalue weighted by atomic mass is 16.5. The van der Waals surface area contributed by atoms with Gasteiger partial charge in [-0.25, -0.2) is 9.78 Å². The van der Waals surface area contributed by atoms with Crippen LogP contribution in [0.5, 0.6) is 0 Å². The number of piperidine rings is 1. The zero-order chi connectivity index (χ0) is 22.0. The monoisotopic (exact) mass is 417 g/mol. The molecule has 0 radical (unpaired) electrons. The molecule has 1 fully saturated rings. The molecule has 0 spiro atoms. The second-order valence-corrected chi connectivity index (χ2v) is 7.86. The van der Waals surface area contributed by atoms with E-state index in [1.165, 1.54) is 6.07 Å². The summed E-state index contributed by atoms with van der Waals surface area (Å²) in [6, 6.07) is 10.9. The van der Waals surface area contributed by atoms with Crippen molar-refractivity contribution in [1.29, 1.82) is 5.26 Å². The molecule has 0 unspecified atom stereocenters. The Morgan fingerprint density at radius 3 is 2.71 bits per heavy atom. The third-order valence-corrected chi connectivity index (χ3v) is 5.92. The van der Waals surface area contributed by atoms with Crippen LogP contribution in [0.4, 0.5) is 5.82 Å². The molecule has 1 aliphatic rings. The molecule has 7 nitrogen and oxygen atoms in total. The van der Waals surface area contributed by atoms with Gasteiger partial charge in [0, 0.05) is 36.3 Å². The Bertz CT molecular complexity index is 1220. The number of carbonyl (C=O) groups excluding carboxylic acids is 1. The lowest BCUT2D eigenvalue weighted by atomic mass is 9.97. The summed E-state index contributed by atoms with van der Waals surface area (Å²) in [5, 5.41) is 9.68. The second-order valence-electron chi connectivity index (χ2n) is 7.86. The van der Waals surface area contributed by atoms with Gasteiger partial charge in [0.25, 0.3) is 0 Å². The van der Waals surface area contributed by atoms with Gasteiger partial charge in [-0.3, -0.25) is 4.79 Å². The Labute approximate surface area is 179 Å². The van der Waals surface area contributed by atoms with Crippen molar-refractivity contribution in [3.8, 4) is 6.07 Å². The molecular weight excluding hydrogens is 394 g/mol. The Morgan fingerprint density at radius 2 is 2.03 bits per heavy atom. The normalized spacial score (nSPS) is 14.4. The van der Waals surface area contributed by atoms with Gasteiger partial charge in [-0.05, 0) is 49.9 Å². The minimum atomic E-state index is -0.449. The first kappa shape index (κ1) is 20.6. The van der Waals surface area contributed by atoms with Crippen molar-refractivity contribution < 1.29 is 13.9 Å². The third kappa shape index (κ3) is 4.29. The standard InChI is InChI=1S/C24H23N3O4/c1-15-3-5-20-19(11-22(28)31-23(20)16(15)2)14-30-24(29)18-7-9-27(10-8-18)21-6-4-17(12-25)13-26-21/h3-6,11,13,18H,7-10,14H2,1-2H3. The van der Waals surface area contributed by atoms with Crippen molar-refractivity contribution in [2.45, 2.75) is 33.3 Å². The lowest BCUT2D eigenvalue weighted by Crippen LogP contribution is -2.37. The molecular formula is C24H23N3O4. The number of aromatic nitrogens is 1. The number of pyridine rings is 1. The van der Waals surface area contributed by atoms with Crippen LogP contribution >= 0.6 is 0 Å². The van der Waals surface area contributed by atoms with E-state index in [0.29, 0.717) is 42.6 Å². The number of hydrogen-bond donors (Lipinski definition) is 0. The van der Waals surface area contributed by atoms with Crippen LogP contribution < -0.4 is 10.5 Å². The highest BCUT2D eigenvalue weighted by molar-refractivity contribution is 5.84. The Balaban J connectivity index is 1.39. The van der Waals surface area contributed by atoms with E-state index in [2.05, 4.69) is 16.0 Å². The van der Waals surface area contributed by atoms with Crippen LogP contribution in [0.1, 0.15) is 35.1 Å². The maximum atomic E-state index is 12.6.